The van der Waals surface area contributed by atoms with Gasteiger partial charge in [-0.25, -0.2) is 4.98 Å². The molecule has 2 aliphatic heterocycles. The molecule has 9 heteroatoms. The first-order valence-electron chi connectivity index (χ1n) is 13.6. The van der Waals surface area contributed by atoms with E-state index in [1.54, 1.807) is 6.07 Å². The van der Waals surface area contributed by atoms with Gasteiger partial charge < -0.3 is 14.8 Å². The number of aromatic nitrogens is 2. The number of imide groups is 1. The van der Waals surface area contributed by atoms with Crippen LogP contribution in [0, 0.1) is 5.92 Å². The van der Waals surface area contributed by atoms with Crippen molar-refractivity contribution in [3.8, 4) is 0 Å². The number of imidazole rings is 1. The van der Waals surface area contributed by atoms with Gasteiger partial charge in [0, 0.05) is 31.7 Å². The van der Waals surface area contributed by atoms with Crippen molar-refractivity contribution in [2.45, 2.75) is 25.8 Å². The molecule has 4 aromatic rings. The van der Waals surface area contributed by atoms with E-state index in [4.69, 9.17) is 11.6 Å². The molecule has 40 heavy (non-hydrogen) atoms. The quantitative estimate of drug-likeness (QED) is 0.337. The Morgan fingerprint density at radius 1 is 1.05 bits per heavy atom. The molecule has 1 unspecified atom stereocenters. The average molecular weight is 556 g/mol. The van der Waals surface area contributed by atoms with E-state index in [0.717, 1.165) is 36.0 Å². The molecule has 0 aliphatic carbocycles. The predicted octanol–water partition coefficient (Wildman–Crippen LogP) is 4.60. The molecular formula is C31H30ClN5O3. The fraction of sp³-hybridized carbons (Fsp3) is 0.290. The van der Waals surface area contributed by atoms with Crippen molar-refractivity contribution in [1.82, 2.24) is 19.8 Å². The number of hydrogen-bond donors (Lipinski definition) is 1. The van der Waals surface area contributed by atoms with Gasteiger partial charge in [-0.3, -0.25) is 19.3 Å². The van der Waals surface area contributed by atoms with Gasteiger partial charge in [-0.05, 0) is 61.2 Å². The number of benzene rings is 3. The number of hydrogen-bond acceptors (Lipinski definition) is 5. The summed E-state index contributed by atoms with van der Waals surface area (Å²) in [5.74, 6) is -0.195. The monoisotopic (exact) mass is 555 g/mol. The second-order valence-corrected chi connectivity index (χ2v) is 10.9. The molecule has 1 fully saturated rings. The van der Waals surface area contributed by atoms with E-state index < -0.39 is 0 Å². The van der Waals surface area contributed by atoms with Gasteiger partial charge in [0.05, 0.1) is 40.3 Å². The Bertz CT molecular complexity index is 1630. The summed E-state index contributed by atoms with van der Waals surface area (Å²) in [5.41, 5.74) is 4.36. The highest BCUT2D eigenvalue weighted by Gasteiger charge is 2.40. The molecular weight excluding hydrogens is 526 g/mol. The number of carbonyl (C=O) groups is 3. The van der Waals surface area contributed by atoms with Crippen LogP contribution >= 0.6 is 11.6 Å². The maximum atomic E-state index is 13.7. The van der Waals surface area contributed by atoms with Crippen LogP contribution in [-0.2, 0) is 24.8 Å². The Kier molecular flexibility index (Phi) is 7.02. The van der Waals surface area contributed by atoms with Crippen molar-refractivity contribution in [2.24, 2.45) is 13.0 Å². The summed E-state index contributed by atoms with van der Waals surface area (Å²) in [4.78, 5) is 48.1. The number of carbonyl (C=O) groups excluding carboxylic acids is 3. The van der Waals surface area contributed by atoms with E-state index >= 15 is 0 Å². The van der Waals surface area contributed by atoms with E-state index in [0.29, 0.717) is 47.2 Å². The molecule has 0 radical (unpaired) electrons. The lowest BCUT2D eigenvalue weighted by molar-refractivity contribution is -0.125. The SMILES string of the molecule is Cn1c(CN2C(=O)c3cccc(N4CCCC(C(=O)NCCc5cccc(Cl)c5)C4)c3C2=O)nc2ccccc21. The normalized spacial score (nSPS) is 17.0. The van der Waals surface area contributed by atoms with Crippen molar-refractivity contribution < 1.29 is 14.4 Å². The molecule has 1 aromatic heterocycles. The number of para-hydroxylation sites is 2. The molecule has 0 saturated carbocycles. The molecule has 3 amide bonds. The molecule has 1 atom stereocenters. The number of amides is 3. The number of nitrogens with one attached hydrogen (secondary N) is 1. The minimum absolute atomic E-state index is 0.00480. The summed E-state index contributed by atoms with van der Waals surface area (Å²) < 4.78 is 1.92. The molecule has 1 N–H and O–H groups in total. The molecule has 3 heterocycles. The van der Waals surface area contributed by atoms with E-state index in [2.05, 4.69) is 15.2 Å². The lowest BCUT2D eigenvalue weighted by Gasteiger charge is -2.34. The largest absolute Gasteiger partial charge is 0.370 e. The zero-order chi connectivity index (χ0) is 27.8. The second-order valence-electron chi connectivity index (χ2n) is 10.4. The Balaban J connectivity index is 1.16. The third kappa shape index (κ3) is 4.84. The van der Waals surface area contributed by atoms with E-state index in [1.807, 2.05) is 72.3 Å². The minimum Gasteiger partial charge on any atom is -0.370 e. The van der Waals surface area contributed by atoms with Crippen LogP contribution in [0.25, 0.3) is 11.0 Å². The van der Waals surface area contributed by atoms with Crippen molar-refractivity contribution >= 4 is 46.0 Å². The average Bonchev–Trinajstić information content (AvgIpc) is 3.41. The summed E-state index contributed by atoms with van der Waals surface area (Å²) in [6.07, 6.45) is 2.30. The molecule has 8 nitrogen and oxygen atoms in total. The van der Waals surface area contributed by atoms with Crippen LogP contribution in [-0.4, -0.2) is 51.8 Å². The standard InChI is InChI=1S/C31H30ClN5O3/c1-35-25-12-3-2-11-24(25)34-27(35)19-37-30(39)23-10-5-13-26(28(23)31(37)40)36-16-6-8-21(18-36)29(38)33-15-14-20-7-4-9-22(32)17-20/h2-5,7,9-13,17,21H,6,8,14-16,18-19H2,1H3,(H,33,38). The van der Waals surface area contributed by atoms with Crippen LogP contribution in [0.4, 0.5) is 5.69 Å². The molecule has 2 aliphatic rings. The molecule has 204 valence electrons. The molecule has 1 saturated heterocycles. The maximum absolute atomic E-state index is 13.7. The zero-order valence-corrected chi connectivity index (χ0v) is 23.0. The molecule has 6 rings (SSSR count). The zero-order valence-electron chi connectivity index (χ0n) is 22.3. The van der Waals surface area contributed by atoms with Gasteiger partial charge in [-0.2, -0.15) is 0 Å². The van der Waals surface area contributed by atoms with E-state index in [9.17, 15) is 14.4 Å². The van der Waals surface area contributed by atoms with Gasteiger partial charge in [0.15, 0.2) is 0 Å². The highest BCUT2D eigenvalue weighted by atomic mass is 35.5. The Morgan fingerprint density at radius 2 is 1.88 bits per heavy atom. The van der Waals surface area contributed by atoms with Crippen molar-refractivity contribution in [3.63, 3.8) is 0 Å². The van der Waals surface area contributed by atoms with Crippen LogP contribution in [0.15, 0.2) is 66.7 Å². The number of anilines is 1. The van der Waals surface area contributed by atoms with E-state index in [-0.39, 0.29) is 30.2 Å². The number of halogens is 1. The number of piperidine rings is 1. The summed E-state index contributed by atoms with van der Waals surface area (Å²) in [6, 6.07) is 20.8. The highest BCUT2D eigenvalue weighted by Crippen LogP contribution is 2.35. The van der Waals surface area contributed by atoms with Crippen LogP contribution in [0.3, 0.4) is 0 Å². The Hall–Kier alpha value is -4.17. The molecule has 3 aromatic carbocycles. The number of rotatable bonds is 7. The van der Waals surface area contributed by atoms with Crippen molar-refractivity contribution in [1.29, 1.82) is 0 Å². The summed E-state index contributed by atoms with van der Waals surface area (Å²) in [7, 11) is 1.89. The first-order valence-corrected chi connectivity index (χ1v) is 13.9. The third-order valence-corrected chi connectivity index (χ3v) is 8.13. The van der Waals surface area contributed by atoms with Gasteiger partial charge in [-0.1, -0.05) is 41.9 Å². The Morgan fingerprint density at radius 3 is 2.70 bits per heavy atom. The first-order chi connectivity index (χ1) is 19.4. The minimum atomic E-state index is -0.323. The lowest BCUT2D eigenvalue weighted by Crippen LogP contribution is -2.44. The van der Waals surface area contributed by atoms with Crippen LogP contribution < -0.4 is 10.2 Å². The van der Waals surface area contributed by atoms with Crippen molar-refractivity contribution in [3.05, 3.63) is 94.3 Å². The summed E-state index contributed by atoms with van der Waals surface area (Å²) >= 11 is 6.07. The summed E-state index contributed by atoms with van der Waals surface area (Å²) in [5, 5.41) is 3.75. The maximum Gasteiger partial charge on any atom is 0.264 e. The van der Waals surface area contributed by atoms with Crippen LogP contribution in [0.2, 0.25) is 5.02 Å². The van der Waals surface area contributed by atoms with Crippen LogP contribution in [0.5, 0.6) is 0 Å². The van der Waals surface area contributed by atoms with Gasteiger partial charge in [0.25, 0.3) is 11.8 Å². The van der Waals surface area contributed by atoms with Gasteiger partial charge >= 0.3 is 0 Å². The first kappa shape index (κ1) is 26.1. The lowest BCUT2D eigenvalue weighted by atomic mass is 9.95. The molecule has 0 spiro atoms. The summed E-state index contributed by atoms with van der Waals surface area (Å²) in [6.45, 7) is 1.83. The fourth-order valence-corrected chi connectivity index (χ4v) is 5.99. The van der Waals surface area contributed by atoms with Crippen molar-refractivity contribution in [2.75, 3.05) is 24.5 Å². The second kappa shape index (κ2) is 10.8. The topological polar surface area (TPSA) is 87.5 Å². The number of nitrogens with zero attached hydrogens (tertiary/aromatic N) is 4. The fourth-order valence-electron chi connectivity index (χ4n) is 5.78. The van der Waals surface area contributed by atoms with Crippen LogP contribution in [0.1, 0.15) is 44.9 Å². The smallest absolute Gasteiger partial charge is 0.264 e. The predicted molar refractivity (Wildman–Crippen MR) is 154 cm³/mol. The number of aryl methyl sites for hydroxylation is 1. The third-order valence-electron chi connectivity index (χ3n) is 7.89. The highest BCUT2D eigenvalue weighted by molar-refractivity contribution is 6.30. The molecule has 0 bridgehead atoms. The number of fused-ring (bicyclic) bond motifs is 2. The Labute approximate surface area is 237 Å². The van der Waals surface area contributed by atoms with Gasteiger partial charge in [0.1, 0.15) is 5.82 Å². The van der Waals surface area contributed by atoms with Gasteiger partial charge in [0.2, 0.25) is 5.91 Å². The van der Waals surface area contributed by atoms with E-state index in [1.165, 1.54) is 4.90 Å². The van der Waals surface area contributed by atoms with Gasteiger partial charge in [-0.15, -0.1) is 0 Å².